The molecular weight excluding hydrogens is 238 g/mol. The van der Waals surface area contributed by atoms with Crippen LogP contribution in [0.5, 0.6) is 0 Å². The summed E-state index contributed by atoms with van der Waals surface area (Å²) in [6, 6.07) is 3.76. The van der Waals surface area contributed by atoms with Gasteiger partial charge in [0.05, 0.1) is 15.9 Å². The Morgan fingerprint density at radius 3 is 2.88 bits per heavy atom. The van der Waals surface area contributed by atoms with Gasteiger partial charge in [-0.05, 0) is 18.6 Å². The topological polar surface area (TPSA) is 46.9 Å². The van der Waals surface area contributed by atoms with Crippen molar-refractivity contribution in [2.45, 2.75) is 20.3 Å². The summed E-state index contributed by atoms with van der Waals surface area (Å²) in [5, 5.41) is 8.47. The number of benzene rings is 1. The molecule has 0 bridgehead atoms. The first-order valence-corrected chi connectivity index (χ1v) is 5.84. The molecule has 0 saturated carbocycles. The van der Waals surface area contributed by atoms with Crippen LogP contribution >= 0.6 is 11.6 Å². The lowest BCUT2D eigenvalue weighted by molar-refractivity contribution is -0.115. The minimum atomic E-state index is -0.0671. The molecule has 2 rings (SSSR count). The van der Waals surface area contributed by atoms with E-state index in [1.807, 2.05) is 26.1 Å². The summed E-state index contributed by atoms with van der Waals surface area (Å²) >= 11 is 6.17. The first-order valence-electron chi connectivity index (χ1n) is 5.46. The zero-order chi connectivity index (χ0) is 12.6. The average Bonchev–Trinajstić information content (AvgIpc) is 2.62. The molecule has 1 amide bonds. The molecule has 90 valence electrons. The number of fused-ring (bicyclic) bond motifs is 1. The molecule has 0 aliphatic heterocycles. The molecule has 0 radical (unpaired) electrons. The maximum atomic E-state index is 11.4. The van der Waals surface area contributed by atoms with Crippen LogP contribution in [0.25, 0.3) is 10.9 Å². The zero-order valence-corrected chi connectivity index (χ0v) is 10.8. The third kappa shape index (κ3) is 2.00. The Labute approximate surface area is 105 Å². The summed E-state index contributed by atoms with van der Waals surface area (Å²) in [7, 11) is 1.84. The molecule has 0 aliphatic rings. The number of amides is 1. The molecule has 1 aromatic carbocycles. The van der Waals surface area contributed by atoms with Crippen LogP contribution in [0.3, 0.4) is 0 Å². The van der Waals surface area contributed by atoms with Gasteiger partial charge in [0.2, 0.25) is 5.91 Å². The van der Waals surface area contributed by atoms with Gasteiger partial charge < -0.3 is 5.32 Å². The number of carbonyl (C=O) groups excluding carboxylic acids is 1. The Hall–Kier alpha value is -1.55. The first-order chi connectivity index (χ1) is 8.04. The second-order valence-electron chi connectivity index (χ2n) is 3.96. The van der Waals surface area contributed by atoms with E-state index in [9.17, 15) is 4.79 Å². The number of anilines is 1. The first kappa shape index (κ1) is 11.9. The highest BCUT2D eigenvalue weighted by Crippen LogP contribution is 2.31. The van der Waals surface area contributed by atoms with Gasteiger partial charge in [-0.2, -0.15) is 5.10 Å². The standard InChI is InChI=1S/C12H14ClN3O/c1-4-9(17)14-12-10-8(13)6-5-7(2)11(10)16(3)15-12/h5-6H,4H2,1-3H3,(H,14,15,17). The van der Waals surface area contributed by atoms with Gasteiger partial charge in [0.1, 0.15) is 0 Å². The number of halogens is 1. The van der Waals surface area contributed by atoms with E-state index in [1.165, 1.54) is 0 Å². The van der Waals surface area contributed by atoms with E-state index in [4.69, 9.17) is 11.6 Å². The van der Waals surface area contributed by atoms with Crippen LogP contribution < -0.4 is 5.32 Å². The Morgan fingerprint density at radius 2 is 2.24 bits per heavy atom. The lowest BCUT2D eigenvalue weighted by Crippen LogP contribution is -2.10. The van der Waals surface area contributed by atoms with Crippen molar-refractivity contribution < 1.29 is 4.79 Å². The van der Waals surface area contributed by atoms with Crippen molar-refractivity contribution in [3.8, 4) is 0 Å². The maximum Gasteiger partial charge on any atom is 0.225 e. The maximum absolute atomic E-state index is 11.4. The van der Waals surface area contributed by atoms with E-state index < -0.39 is 0 Å². The summed E-state index contributed by atoms with van der Waals surface area (Å²) in [6.07, 6.45) is 0.418. The van der Waals surface area contributed by atoms with E-state index in [1.54, 1.807) is 11.6 Å². The largest absolute Gasteiger partial charge is 0.309 e. The number of aromatic nitrogens is 2. The number of nitrogens with one attached hydrogen (secondary N) is 1. The smallest absolute Gasteiger partial charge is 0.225 e. The van der Waals surface area contributed by atoms with Crippen molar-refractivity contribution in [1.82, 2.24) is 9.78 Å². The lowest BCUT2D eigenvalue weighted by atomic mass is 10.1. The van der Waals surface area contributed by atoms with Crippen molar-refractivity contribution in [3.05, 3.63) is 22.7 Å². The third-order valence-corrected chi connectivity index (χ3v) is 3.03. The minimum Gasteiger partial charge on any atom is -0.309 e. The van der Waals surface area contributed by atoms with Crippen LogP contribution in [0, 0.1) is 6.92 Å². The number of carbonyl (C=O) groups is 1. The van der Waals surface area contributed by atoms with Crippen molar-refractivity contribution >= 4 is 34.2 Å². The van der Waals surface area contributed by atoms with E-state index >= 15 is 0 Å². The van der Waals surface area contributed by atoms with Gasteiger partial charge in [0.15, 0.2) is 5.82 Å². The second-order valence-corrected chi connectivity index (χ2v) is 4.37. The number of nitrogens with zero attached hydrogens (tertiary/aromatic N) is 2. The van der Waals surface area contributed by atoms with Gasteiger partial charge >= 0.3 is 0 Å². The Bertz CT molecular complexity index is 589. The van der Waals surface area contributed by atoms with E-state index in [-0.39, 0.29) is 5.91 Å². The molecule has 0 unspecified atom stereocenters. The van der Waals surface area contributed by atoms with Gasteiger partial charge in [0.25, 0.3) is 0 Å². The normalized spacial score (nSPS) is 10.8. The highest BCUT2D eigenvalue weighted by molar-refractivity contribution is 6.36. The number of rotatable bonds is 2. The summed E-state index contributed by atoms with van der Waals surface area (Å²) in [4.78, 5) is 11.4. The molecule has 17 heavy (non-hydrogen) atoms. The third-order valence-electron chi connectivity index (χ3n) is 2.72. The van der Waals surface area contributed by atoms with Gasteiger partial charge in [-0.15, -0.1) is 0 Å². The van der Waals surface area contributed by atoms with Crippen LogP contribution in [0.15, 0.2) is 12.1 Å². The predicted octanol–water partition coefficient (Wildman–Crippen LogP) is 2.88. The van der Waals surface area contributed by atoms with Gasteiger partial charge in [-0.25, -0.2) is 0 Å². The SMILES string of the molecule is CCC(=O)Nc1nn(C)c2c(C)ccc(Cl)c12. The molecule has 1 N–H and O–H groups in total. The Morgan fingerprint density at radius 1 is 1.53 bits per heavy atom. The number of hydrogen-bond acceptors (Lipinski definition) is 2. The zero-order valence-electron chi connectivity index (χ0n) is 10.0. The fourth-order valence-electron chi connectivity index (χ4n) is 1.87. The predicted molar refractivity (Wildman–Crippen MR) is 69.4 cm³/mol. The van der Waals surface area contributed by atoms with Crippen molar-refractivity contribution in [3.63, 3.8) is 0 Å². The van der Waals surface area contributed by atoms with Crippen LogP contribution in [0.2, 0.25) is 5.02 Å². The average molecular weight is 252 g/mol. The minimum absolute atomic E-state index is 0.0671. The molecule has 0 saturated heterocycles. The summed E-state index contributed by atoms with van der Waals surface area (Å²) in [6.45, 7) is 3.79. The fourth-order valence-corrected chi connectivity index (χ4v) is 2.11. The van der Waals surface area contributed by atoms with Crippen LogP contribution in [0.4, 0.5) is 5.82 Å². The summed E-state index contributed by atoms with van der Waals surface area (Å²) < 4.78 is 1.74. The van der Waals surface area contributed by atoms with E-state index in [2.05, 4.69) is 10.4 Å². The lowest BCUT2D eigenvalue weighted by Gasteiger charge is -2.02. The van der Waals surface area contributed by atoms with Crippen molar-refractivity contribution in [2.75, 3.05) is 5.32 Å². The molecule has 5 heteroatoms. The molecule has 1 aromatic heterocycles. The Kier molecular flexibility index (Phi) is 3.07. The van der Waals surface area contributed by atoms with Gasteiger partial charge in [-0.3, -0.25) is 9.48 Å². The highest BCUT2D eigenvalue weighted by atomic mass is 35.5. The number of hydrogen-bond donors (Lipinski definition) is 1. The fraction of sp³-hybridized carbons (Fsp3) is 0.333. The Balaban J connectivity index is 2.65. The van der Waals surface area contributed by atoms with E-state index in [0.29, 0.717) is 17.3 Å². The summed E-state index contributed by atoms with van der Waals surface area (Å²) in [5.74, 6) is 0.464. The molecule has 0 aliphatic carbocycles. The number of aryl methyl sites for hydroxylation is 2. The molecule has 1 heterocycles. The molecule has 2 aromatic rings. The van der Waals surface area contributed by atoms with Gasteiger partial charge in [0, 0.05) is 13.5 Å². The highest BCUT2D eigenvalue weighted by Gasteiger charge is 2.15. The van der Waals surface area contributed by atoms with Crippen LogP contribution in [-0.2, 0) is 11.8 Å². The van der Waals surface area contributed by atoms with Crippen LogP contribution in [-0.4, -0.2) is 15.7 Å². The van der Waals surface area contributed by atoms with Gasteiger partial charge in [-0.1, -0.05) is 24.6 Å². The molecule has 0 atom stereocenters. The van der Waals surface area contributed by atoms with Crippen molar-refractivity contribution in [1.29, 1.82) is 0 Å². The molecule has 4 nitrogen and oxygen atoms in total. The van der Waals surface area contributed by atoms with Crippen molar-refractivity contribution in [2.24, 2.45) is 7.05 Å². The van der Waals surface area contributed by atoms with Crippen LogP contribution in [0.1, 0.15) is 18.9 Å². The summed E-state index contributed by atoms with van der Waals surface area (Å²) in [5.41, 5.74) is 2.03. The second kappa shape index (κ2) is 4.37. The molecule has 0 spiro atoms. The molecular formula is C12H14ClN3O. The monoisotopic (exact) mass is 251 g/mol. The van der Waals surface area contributed by atoms with E-state index in [0.717, 1.165) is 16.5 Å². The quantitative estimate of drug-likeness (QED) is 0.892. The molecule has 0 fully saturated rings.